The van der Waals surface area contributed by atoms with Crippen LogP contribution in [0.15, 0.2) is 0 Å². The Morgan fingerprint density at radius 1 is 1.27 bits per heavy atom. The highest BCUT2D eigenvalue weighted by atomic mass is 16.1. The Balaban J connectivity index is 3.77. The number of carbonyl (C=O) groups excluding carboxylic acids is 1. The second-order valence-corrected chi connectivity index (χ2v) is 5.61. The van der Waals surface area contributed by atoms with Crippen LogP contribution < -0.4 is 11.1 Å². The minimum absolute atomic E-state index is 0.0544. The van der Waals surface area contributed by atoms with Gasteiger partial charge in [0, 0.05) is 18.0 Å². The van der Waals surface area contributed by atoms with Crippen LogP contribution in [0.4, 0.5) is 0 Å². The zero-order valence-electron chi connectivity index (χ0n) is 10.8. The van der Waals surface area contributed by atoms with Crippen molar-refractivity contribution < 1.29 is 4.79 Å². The third-order valence-corrected chi connectivity index (χ3v) is 2.20. The lowest BCUT2D eigenvalue weighted by molar-refractivity contribution is -0.122. The van der Waals surface area contributed by atoms with Crippen molar-refractivity contribution in [1.29, 1.82) is 0 Å². The molecule has 1 unspecified atom stereocenters. The lowest BCUT2D eigenvalue weighted by Gasteiger charge is -2.20. The summed E-state index contributed by atoms with van der Waals surface area (Å²) in [5.74, 6) is 0.744. The summed E-state index contributed by atoms with van der Waals surface area (Å²) < 4.78 is 0. The number of rotatable bonds is 6. The molecule has 0 saturated carbocycles. The van der Waals surface area contributed by atoms with Crippen LogP contribution in [-0.4, -0.2) is 17.5 Å². The van der Waals surface area contributed by atoms with Gasteiger partial charge in [-0.15, -0.1) is 0 Å². The van der Waals surface area contributed by atoms with E-state index in [9.17, 15) is 4.79 Å². The fourth-order valence-corrected chi connectivity index (χ4v) is 1.40. The van der Waals surface area contributed by atoms with Crippen molar-refractivity contribution in [2.24, 2.45) is 11.7 Å². The maximum Gasteiger partial charge on any atom is 0.222 e. The molecule has 0 aliphatic carbocycles. The number of nitrogens with one attached hydrogen (secondary N) is 1. The van der Waals surface area contributed by atoms with Crippen LogP contribution in [0.2, 0.25) is 0 Å². The highest BCUT2D eigenvalue weighted by molar-refractivity contribution is 5.77. The molecule has 1 atom stereocenters. The summed E-state index contributed by atoms with van der Waals surface area (Å²) in [6.07, 6.45) is 2.57. The van der Waals surface area contributed by atoms with E-state index in [0.29, 0.717) is 12.3 Å². The normalized spacial score (nSPS) is 14.1. The van der Waals surface area contributed by atoms with Gasteiger partial charge in [-0.1, -0.05) is 13.8 Å². The predicted octanol–water partition coefficient (Wildman–Crippen LogP) is 2.05. The van der Waals surface area contributed by atoms with Gasteiger partial charge in [-0.05, 0) is 39.5 Å². The second-order valence-electron chi connectivity index (χ2n) is 5.61. The Morgan fingerprint density at radius 3 is 2.20 bits per heavy atom. The Morgan fingerprint density at radius 2 is 1.80 bits per heavy atom. The quantitative estimate of drug-likeness (QED) is 0.711. The van der Waals surface area contributed by atoms with Gasteiger partial charge in [0.25, 0.3) is 0 Å². The molecule has 15 heavy (non-hydrogen) atoms. The molecule has 3 heteroatoms. The molecule has 0 aromatic carbocycles. The van der Waals surface area contributed by atoms with Crippen LogP contribution >= 0.6 is 0 Å². The van der Waals surface area contributed by atoms with Crippen molar-refractivity contribution in [2.75, 3.05) is 0 Å². The third-order valence-electron chi connectivity index (χ3n) is 2.20. The van der Waals surface area contributed by atoms with Gasteiger partial charge >= 0.3 is 0 Å². The summed E-state index contributed by atoms with van der Waals surface area (Å²) in [6, 6.07) is 0.252. The molecular weight excluding hydrogens is 188 g/mol. The first kappa shape index (κ1) is 14.4. The first-order valence-electron chi connectivity index (χ1n) is 5.79. The van der Waals surface area contributed by atoms with Crippen LogP contribution in [0.5, 0.6) is 0 Å². The maximum atomic E-state index is 11.5. The average Bonchev–Trinajstić information content (AvgIpc) is 1.96. The summed E-state index contributed by atoms with van der Waals surface area (Å²) in [7, 11) is 0. The topological polar surface area (TPSA) is 55.1 Å². The first-order valence-corrected chi connectivity index (χ1v) is 5.79. The number of carbonyl (C=O) groups is 1. The minimum Gasteiger partial charge on any atom is -0.354 e. The Bertz CT molecular complexity index is 194. The van der Waals surface area contributed by atoms with E-state index in [4.69, 9.17) is 5.73 Å². The molecule has 0 heterocycles. The Kier molecular flexibility index (Phi) is 5.88. The number of hydrogen-bond acceptors (Lipinski definition) is 2. The van der Waals surface area contributed by atoms with Crippen molar-refractivity contribution in [3.63, 3.8) is 0 Å². The molecule has 0 aliphatic rings. The van der Waals surface area contributed by atoms with Gasteiger partial charge in [-0.2, -0.15) is 0 Å². The first-order chi connectivity index (χ1) is 6.70. The molecule has 1 amide bonds. The van der Waals surface area contributed by atoms with E-state index >= 15 is 0 Å². The second kappa shape index (κ2) is 6.11. The molecule has 0 rings (SSSR count). The van der Waals surface area contributed by atoms with Crippen molar-refractivity contribution >= 4 is 5.91 Å². The highest BCUT2D eigenvalue weighted by Crippen LogP contribution is 2.08. The lowest BCUT2D eigenvalue weighted by Crippen LogP contribution is -2.41. The summed E-state index contributed by atoms with van der Waals surface area (Å²) in [5.41, 5.74) is 5.36. The lowest BCUT2D eigenvalue weighted by atomic mass is 10.0. The van der Waals surface area contributed by atoms with E-state index in [1.807, 2.05) is 20.8 Å². The van der Waals surface area contributed by atoms with E-state index in [2.05, 4.69) is 19.2 Å². The maximum absolute atomic E-state index is 11.5. The van der Waals surface area contributed by atoms with Crippen molar-refractivity contribution in [2.45, 2.75) is 65.5 Å². The molecule has 0 saturated heterocycles. The fraction of sp³-hybridized carbons (Fsp3) is 0.917. The van der Waals surface area contributed by atoms with E-state index in [1.165, 1.54) is 0 Å². The van der Waals surface area contributed by atoms with Crippen LogP contribution in [0.25, 0.3) is 0 Å². The molecule has 3 nitrogen and oxygen atoms in total. The van der Waals surface area contributed by atoms with E-state index < -0.39 is 5.54 Å². The van der Waals surface area contributed by atoms with Gasteiger partial charge in [0.2, 0.25) is 5.91 Å². The molecular formula is C12H26N2O. The number of hydrogen-bond donors (Lipinski definition) is 2. The van der Waals surface area contributed by atoms with Gasteiger partial charge in [-0.25, -0.2) is 0 Å². The summed E-state index contributed by atoms with van der Waals surface area (Å²) >= 11 is 0. The molecule has 90 valence electrons. The molecule has 0 fully saturated rings. The smallest absolute Gasteiger partial charge is 0.222 e. The number of amides is 1. The Labute approximate surface area is 93.8 Å². The molecule has 0 bridgehead atoms. The van der Waals surface area contributed by atoms with E-state index in [-0.39, 0.29) is 11.9 Å². The van der Waals surface area contributed by atoms with Crippen molar-refractivity contribution in [3.05, 3.63) is 0 Å². The highest BCUT2D eigenvalue weighted by Gasteiger charge is 2.17. The molecule has 0 aliphatic heterocycles. The summed E-state index contributed by atoms with van der Waals surface area (Å²) in [6.45, 7) is 10.2. The molecule has 0 radical (unpaired) electrons. The molecule has 0 spiro atoms. The van der Waals surface area contributed by atoms with E-state index in [0.717, 1.165) is 12.8 Å². The number of nitrogens with two attached hydrogens (primary N) is 1. The van der Waals surface area contributed by atoms with E-state index in [1.54, 1.807) is 0 Å². The van der Waals surface area contributed by atoms with Gasteiger partial charge in [-0.3, -0.25) is 4.79 Å². The van der Waals surface area contributed by atoms with Crippen LogP contribution in [0.3, 0.4) is 0 Å². The minimum atomic E-state index is -0.415. The van der Waals surface area contributed by atoms with Gasteiger partial charge in [0.05, 0.1) is 0 Å². The van der Waals surface area contributed by atoms with Crippen molar-refractivity contribution in [3.8, 4) is 0 Å². The Hall–Kier alpha value is -0.570. The fourth-order valence-electron chi connectivity index (χ4n) is 1.40. The zero-order valence-corrected chi connectivity index (χ0v) is 10.8. The summed E-state index contributed by atoms with van der Waals surface area (Å²) in [4.78, 5) is 11.5. The third kappa shape index (κ3) is 9.73. The van der Waals surface area contributed by atoms with Gasteiger partial charge in [0.15, 0.2) is 0 Å². The van der Waals surface area contributed by atoms with Crippen LogP contribution in [0, 0.1) is 5.92 Å². The van der Waals surface area contributed by atoms with Crippen LogP contribution in [0.1, 0.15) is 53.9 Å². The SMILES string of the molecule is CC(C)CCC(C)NC(=O)CC(C)(C)N. The molecule has 0 aromatic heterocycles. The largest absolute Gasteiger partial charge is 0.354 e. The van der Waals surface area contributed by atoms with Gasteiger partial charge < -0.3 is 11.1 Å². The van der Waals surface area contributed by atoms with Gasteiger partial charge in [0.1, 0.15) is 0 Å². The monoisotopic (exact) mass is 214 g/mol. The van der Waals surface area contributed by atoms with Crippen LogP contribution in [-0.2, 0) is 4.79 Å². The molecule has 0 aromatic rings. The predicted molar refractivity (Wildman–Crippen MR) is 64.6 cm³/mol. The standard InChI is InChI=1S/C12H26N2O/c1-9(2)6-7-10(3)14-11(15)8-12(4,5)13/h9-10H,6-8,13H2,1-5H3,(H,14,15). The van der Waals surface area contributed by atoms with Crippen molar-refractivity contribution in [1.82, 2.24) is 5.32 Å². The average molecular weight is 214 g/mol. The summed E-state index contributed by atoms with van der Waals surface area (Å²) in [5, 5.41) is 2.97. The molecule has 3 N–H and O–H groups in total. The zero-order chi connectivity index (χ0) is 12.1.